The fourth-order valence-corrected chi connectivity index (χ4v) is 1.62. The second-order valence-corrected chi connectivity index (χ2v) is 4.07. The van der Waals surface area contributed by atoms with E-state index in [1.54, 1.807) is 6.07 Å². The highest BCUT2D eigenvalue weighted by molar-refractivity contribution is 5.91. The van der Waals surface area contributed by atoms with Crippen LogP contribution in [0.2, 0.25) is 0 Å². The Hall–Kier alpha value is -1.32. The molecule has 1 heterocycles. The van der Waals surface area contributed by atoms with Crippen molar-refractivity contribution in [2.75, 3.05) is 5.32 Å². The molecule has 4 heteroatoms. The van der Waals surface area contributed by atoms with Crippen molar-refractivity contribution in [1.82, 2.24) is 5.16 Å². The Morgan fingerprint density at radius 2 is 2.31 bits per heavy atom. The van der Waals surface area contributed by atoms with Gasteiger partial charge in [-0.05, 0) is 19.8 Å². The fraction of sp³-hybridized carbons (Fsp3) is 0.667. The van der Waals surface area contributed by atoms with E-state index in [1.165, 1.54) is 0 Å². The van der Waals surface area contributed by atoms with Gasteiger partial charge in [0.15, 0.2) is 0 Å². The Morgan fingerprint density at radius 3 is 2.81 bits per heavy atom. The van der Waals surface area contributed by atoms with Gasteiger partial charge in [-0.1, -0.05) is 31.8 Å². The number of hydrogen-bond acceptors (Lipinski definition) is 3. The molecule has 1 rings (SSSR count). The van der Waals surface area contributed by atoms with Gasteiger partial charge in [0.25, 0.3) is 0 Å². The summed E-state index contributed by atoms with van der Waals surface area (Å²) in [6, 6.07) is 1.73. The number of aromatic nitrogens is 1. The number of carbonyl (C=O) groups is 1. The quantitative estimate of drug-likeness (QED) is 0.807. The van der Waals surface area contributed by atoms with Gasteiger partial charge in [-0.3, -0.25) is 10.1 Å². The van der Waals surface area contributed by atoms with Crippen molar-refractivity contribution in [2.45, 2.75) is 46.5 Å². The predicted molar refractivity (Wildman–Crippen MR) is 63.2 cm³/mol. The molecule has 1 atom stereocenters. The molecule has 0 saturated heterocycles. The van der Waals surface area contributed by atoms with Crippen LogP contribution in [-0.2, 0) is 4.79 Å². The van der Waals surface area contributed by atoms with Gasteiger partial charge in [-0.15, -0.1) is 0 Å². The highest BCUT2D eigenvalue weighted by Gasteiger charge is 2.17. The van der Waals surface area contributed by atoms with Crippen molar-refractivity contribution in [1.29, 1.82) is 0 Å². The van der Waals surface area contributed by atoms with Crippen LogP contribution in [0.3, 0.4) is 0 Å². The van der Waals surface area contributed by atoms with Crippen LogP contribution in [0.25, 0.3) is 0 Å². The molecule has 0 radical (unpaired) electrons. The van der Waals surface area contributed by atoms with Gasteiger partial charge in [0.05, 0.1) is 5.69 Å². The standard InChI is InChI=1S/C12H20N2O2/c1-4-6-7-10(5-2)12(15)13-11-8-9(3)14-16-11/h8,10H,4-7H2,1-3H3,(H,13,15). The minimum absolute atomic E-state index is 0.0344. The summed E-state index contributed by atoms with van der Waals surface area (Å²) in [7, 11) is 0. The summed E-state index contributed by atoms with van der Waals surface area (Å²) in [6.45, 7) is 5.99. The van der Waals surface area contributed by atoms with Crippen LogP contribution in [0.5, 0.6) is 0 Å². The van der Waals surface area contributed by atoms with Crippen LogP contribution in [0.15, 0.2) is 10.6 Å². The van der Waals surface area contributed by atoms with E-state index in [-0.39, 0.29) is 11.8 Å². The molecule has 1 unspecified atom stereocenters. The molecule has 0 spiro atoms. The van der Waals surface area contributed by atoms with E-state index < -0.39 is 0 Å². The Bertz CT molecular complexity index is 334. The maximum absolute atomic E-state index is 11.9. The van der Waals surface area contributed by atoms with Crippen molar-refractivity contribution < 1.29 is 9.32 Å². The third-order valence-corrected chi connectivity index (χ3v) is 2.64. The lowest BCUT2D eigenvalue weighted by atomic mass is 9.98. The average molecular weight is 224 g/mol. The van der Waals surface area contributed by atoms with Crippen LogP contribution in [0, 0.1) is 12.8 Å². The third-order valence-electron chi connectivity index (χ3n) is 2.64. The number of amides is 1. The van der Waals surface area contributed by atoms with Gasteiger partial charge in [0.2, 0.25) is 11.8 Å². The first-order chi connectivity index (χ1) is 7.67. The van der Waals surface area contributed by atoms with Gasteiger partial charge in [-0.25, -0.2) is 0 Å². The number of rotatable bonds is 6. The minimum atomic E-state index is 0.0344. The minimum Gasteiger partial charge on any atom is -0.338 e. The van der Waals surface area contributed by atoms with E-state index in [0.717, 1.165) is 31.4 Å². The number of nitrogens with one attached hydrogen (secondary N) is 1. The van der Waals surface area contributed by atoms with E-state index in [4.69, 9.17) is 4.52 Å². The Labute approximate surface area is 96.4 Å². The average Bonchev–Trinajstić information content (AvgIpc) is 2.65. The van der Waals surface area contributed by atoms with Gasteiger partial charge >= 0.3 is 0 Å². The predicted octanol–water partition coefficient (Wildman–Crippen LogP) is 3.14. The van der Waals surface area contributed by atoms with E-state index in [2.05, 4.69) is 17.4 Å². The lowest BCUT2D eigenvalue weighted by Crippen LogP contribution is -2.22. The normalized spacial score (nSPS) is 12.4. The smallest absolute Gasteiger partial charge is 0.231 e. The Morgan fingerprint density at radius 1 is 1.56 bits per heavy atom. The molecule has 90 valence electrons. The summed E-state index contributed by atoms with van der Waals surface area (Å²) < 4.78 is 4.95. The molecule has 4 nitrogen and oxygen atoms in total. The van der Waals surface area contributed by atoms with Crippen molar-refractivity contribution in [3.05, 3.63) is 11.8 Å². The molecule has 0 aliphatic rings. The topological polar surface area (TPSA) is 55.1 Å². The highest BCUT2D eigenvalue weighted by atomic mass is 16.5. The zero-order valence-corrected chi connectivity index (χ0v) is 10.2. The van der Waals surface area contributed by atoms with Gasteiger partial charge < -0.3 is 4.52 Å². The molecule has 0 aliphatic carbocycles. The largest absolute Gasteiger partial charge is 0.338 e. The summed E-state index contributed by atoms with van der Waals surface area (Å²) in [6.07, 6.45) is 4.00. The third kappa shape index (κ3) is 3.68. The fourth-order valence-electron chi connectivity index (χ4n) is 1.62. The molecule has 0 aromatic carbocycles. The van der Waals surface area contributed by atoms with Crippen LogP contribution in [0.4, 0.5) is 5.88 Å². The molecule has 0 saturated carbocycles. The first-order valence-electron chi connectivity index (χ1n) is 5.91. The second kappa shape index (κ2) is 6.30. The van der Waals surface area contributed by atoms with Crippen molar-refractivity contribution in [3.63, 3.8) is 0 Å². The van der Waals surface area contributed by atoms with Crippen molar-refractivity contribution >= 4 is 11.8 Å². The number of carbonyl (C=O) groups excluding carboxylic acids is 1. The first kappa shape index (κ1) is 12.7. The number of aryl methyl sites for hydroxylation is 1. The Balaban J connectivity index is 2.49. The molecule has 1 aromatic rings. The number of anilines is 1. The summed E-state index contributed by atoms with van der Waals surface area (Å²) in [5.41, 5.74) is 0.775. The molecule has 1 amide bonds. The molecule has 0 fully saturated rings. The Kier molecular flexibility index (Phi) is 5.02. The SMILES string of the molecule is CCCCC(CC)C(=O)Nc1cc(C)no1. The van der Waals surface area contributed by atoms with Gasteiger partial charge in [0.1, 0.15) is 0 Å². The molecule has 0 aliphatic heterocycles. The highest BCUT2D eigenvalue weighted by Crippen LogP contribution is 2.16. The summed E-state index contributed by atoms with van der Waals surface area (Å²) >= 11 is 0. The zero-order chi connectivity index (χ0) is 12.0. The van der Waals surface area contributed by atoms with Gasteiger partial charge in [-0.2, -0.15) is 0 Å². The maximum Gasteiger partial charge on any atom is 0.231 e. The van der Waals surface area contributed by atoms with Crippen LogP contribution < -0.4 is 5.32 Å². The zero-order valence-electron chi connectivity index (χ0n) is 10.2. The van der Waals surface area contributed by atoms with Crippen LogP contribution in [-0.4, -0.2) is 11.1 Å². The van der Waals surface area contributed by atoms with Crippen LogP contribution in [0.1, 0.15) is 45.2 Å². The number of unbranched alkanes of at least 4 members (excludes halogenated alkanes) is 1. The lowest BCUT2D eigenvalue weighted by Gasteiger charge is -2.12. The van der Waals surface area contributed by atoms with Gasteiger partial charge in [0, 0.05) is 12.0 Å². The summed E-state index contributed by atoms with van der Waals surface area (Å²) in [5, 5.41) is 6.48. The number of hydrogen-bond donors (Lipinski definition) is 1. The van der Waals surface area contributed by atoms with E-state index in [0.29, 0.717) is 5.88 Å². The maximum atomic E-state index is 11.9. The second-order valence-electron chi connectivity index (χ2n) is 4.07. The molecular formula is C12H20N2O2. The van der Waals surface area contributed by atoms with E-state index >= 15 is 0 Å². The molecule has 16 heavy (non-hydrogen) atoms. The number of nitrogens with zero attached hydrogens (tertiary/aromatic N) is 1. The lowest BCUT2D eigenvalue weighted by molar-refractivity contribution is -0.120. The van der Waals surface area contributed by atoms with E-state index in [9.17, 15) is 4.79 Å². The summed E-state index contributed by atoms with van der Waals surface area (Å²) in [4.78, 5) is 11.9. The molecule has 1 aromatic heterocycles. The van der Waals surface area contributed by atoms with Crippen LogP contribution >= 0.6 is 0 Å². The van der Waals surface area contributed by atoms with E-state index in [1.807, 2.05) is 13.8 Å². The first-order valence-corrected chi connectivity index (χ1v) is 5.91. The molecule has 0 bridgehead atoms. The molecular weight excluding hydrogens is 204 g/mol. The van der Waals surface area contributed by atoms with Crippen molar-refractivity contribution in [3.8, 4) is 0 Å². The van der Waals surface area contributed by atoms with Crippen molar-refractivity contribution in [2.24, 2.45) is 5.92 Å². The molecule has 1 N–H and O–H groups in total. The summed E-state index contributed by atoms with van der Waals surface area (Å²) in [5.74, 6) is 0.551. The monoisotopic (exact) mass is 224 g/mol.